The van der Waals surface area contributed by atoms with Gasteiger partial charge in [0.15, 0.2) is 6.29 Å². The van der Waals surface area contributed by atoms with Gasteiger partial charge in [0.1, 0.15) is 6.10 Å². The maximum Gasteiger partial charge on any atom is 0.303 e. The Bertz CT molecular complexity index is 233. The first-order valence-corrected chi connectivity index (χ1v) is 8.32. The number of aliphatic hydroxyl groups excluding tert-OH is 3. The largest absolute Gasteiger partial charge is 0.481 e. The van der Waals surface area contributed by atoms with Gasteiger partial charge in [-0.25, -0.2) is 0 Å². The molecule has 0 heterocycles. The highest BCUT2D eigenvalue weighted by molar-refractivity contribution is 5.66. The molecule has 0 amide bonds. The Morgan fingerprint density at radius 1 is 0.864 bits per heavy atom. The molecular formula is C16H34O6. The fourth-order valence-electron chi connectivity index (χ4n) is 1.87. The fourth-order valence-corrected chi connectivity index (χ4v) is 1.87. The minimum absolute atomic E-state index is 0.00231. The van der Waals surface area contributed by atoms with Crippen molar-refractivity contribution in [3.63, 3.8) is 0 Å². The molecule has 0 fully saturated rings. The van der Waals surface area contributed by atoms with Crippen LogP contribution in [0, 0.1) is 0 Å². The smallest absolute Gasteiger partial charge is 0.303 e. The average Bonchev–Trinajstić information content (AvgIpc) is 2.46. The van der Waals surface area contributed by atoms with Crippen LogP contribution in [0.15, 0.2) is 0 Å². The van der Waals surface area contributed by atoms with Gasteiger partial charge in [-0.3, -0.25) is 4.79 Å². The maximum atomic E-state index is 10.2. The monoisotopic (exact) mass is 322 g/mol. The van der Waals surface area contributed by atoms with Crippen LogP contribution in [0.3, 0.4) is 0 Å². The summed E-state index contributed by atoms with van der Waals surface area (Å²) in [5, 5.41) is 41.3. The zero-order chi connectivity index (χ0) is 17.2. The molecule has 0 rings (SSSR count). The van der Waals surface area contributed by atoms with E-state index in [4.69, 9.17) is 25.5 Å². The lowest BCUT2D eigenvalue weighted by Gasteiger charge is -2.08. The molecule has 1 unspecified atom stereocenters. The van der Waals surface area contributed by atoms with Gasteiger partial charge in [0.05, 0.1) is 0 Å². The number of carbonyl (C=O) groups is 1. The molecule has 0 aliphatic heterocycles. The molecular weight excluding hydrogens is 288 g/mol. The molecule has 0 saturated heterocycles. The normalized spacial score (nSPS) is 11.9. The van der Waals surface area contributed by atoms with E-state index in [1.807, 2.05) is 0 Å². The number of unbranched alkanes of at least 4 members (excludes halogenated alkanes) is 8. The maximum absolute atomic E-state index is 10.2. The van der Waals surface area contributed by atoms with Crippen molar-refractivity contribution in [1.82, 2.24) is 0 Å². The van der Waals surface area contributed by atoms with E-state index in [2.05, 4.69) is 6.92 Å². The molecule has 22 heavy (non-hydrogen) atoms. The Labute approximate surface area is 133 Å². The van der Waals surface area contributed by atoms with Gasteiger partial charge in [-0.2, -0.15) is 0 Å². The van der Waals surface area contributed by atoms with E-state index in [1.54, 1.807) is 0 Å². The summed E-state index contributed by atoms with van der Waals surface area (Å²) in [6.07, 6.45) is 8.52. The van der Waals surface area contributed by atoms with E-state index in [9.17, 15) is 4.79 Å². The second-order valence-electron chi connectivity index (χ2n) is 5.47. The Hall–Kier alpha value is -0.690. The van der Waals surface area contributed by atoms with Gasteiger partial charge in [0, 0.05) is 19.4 Å². The van der Waals surface area contributed by atoms with Crippen LogP contribution >= 0.6 is 0 Å². The van der Waals surface area contributed by atoms with Gasteiger partial charge in [-0.15, -0.1) is 0 Å². The molecule has 6 nitrogen and oxygen atoms in total. The summed E-state index contributed by atoms with van der Waals surface area (Å²) in [7, 11) is 0. The van der Waals surface area contributed by atoms with Crippen LogP contribution in [0.1, 0.15) is 77.6 Å². The van der Waals surface area contributed by atoms with Crippen LogP contribution in [-0.4, -0.2) is 50.5 Å². The highest BCUT2D eigenvalue weighted by Gasteiger charge is 2.10. The van der Waals surface area contributed by atoms with Gasteiger partial charge >= 0.3 is 5.97 Å². The molecule has 0 aromatic rings. The fraction of sp³-hybridized carbons (Fsp3) is 0.938. The van der Waals surface area contributed by atoms with Crippen molar-refractivity contribution in [2.24, 2.45) is 0 Å². The van der Waals surface area contributed by atoms with E-state index in [1.165, 1.54) is 44.9 Å². The molecule has 0 saturated carbocycles. The van der Waals surface area contributed by atoms with Gasteiger partial charge in [0.2, 0.25) is 0 Å². The molecule has 0 aliphatic carbocycles. The second kappa shape index (κ2) is 18.4. The van der Waals surface area contributed by atoms with Crippen LogP contribution in [0.25, 0.3) is 0 Å². The average molecular weight is 322 g/mol. The van der Waals surface area contributed by atoms with E-state index < -0.39 is 18.4 Å². The van der Waals surface area contributed by atoms with Crippen molar-refractivity contribution in [3.05, 3.63) is 0 Å². The molecule has 0 spiro atoms. The Morgan fingerprint density at radius 2 is 1.32 bits per heavy atom. The number of carboxylic acid groups (broad SMARTS) is 1. The molecule has 0 bridgehead atoms. The minimum Gasteiger partial charge on any atom is -0.481 e. The number of aliphatic hydroxyl groups is 4. The molecule has 0 radical (unpaired) electrons. The third-order valence-corrected chi connectivity index (χ3v) is 3.26. The quantitative estimate of drug-likeness (QED) is 0.261. The zero-order valence-corrected chi connectivity index (χ0v) is 13.8. The molecule has 0 aliphatic rings. The van der Waals surface area contributed by atoms with Crippen molar-refractivity contribution in [3.8, 4) is 0 Å². The number of rotatable bonds is 13. The third-order valence-electron chi connectivity index (χ3n) is 3.26. The lowest BCUT2D eigenvalue weighted by atomic mass is 10.1. The zero-order valence-electron chi connectivity index (χ0n) is 13.8. The number of aliphatic carboxylic acids is 1. The number of hydrogen-bond donors (Lipinski definition) is 5. The standard InChI is InChI=1S/C12H24O2.C4H10O4/c1-2-3-4-5-6-7-8-9-10-11-12(13)14;5-2-1-3(6)4(7)8/h2-11H2,1H3,(H,13,14);3-8H,1-2H2. The number of hydrogen-bond acceptors (Lipinski definition) is 5. The lowest BCUT2D eigenvalue weighted by molar-refractivity contribution is -0.137. The van der Waals surface area contributed by atoms with Crippen molar-refractivity contribution < 1.29 is 30.3 Å². The van der Waals surface area contributed by atoms with Crippen LogP contribution in [0.4, 0.5) is 0 Å². The van der Waals surface area contributed by atoms with Gasteiger partial charge in [-0.05, 0) is 6.42 Å². The van der Waals surface area contributed by atoms with Gasteiger partial charge in [-0.1, -0.05) is 58.3 Å². The molecule has 134 valence electrons. The summed E-state index contributed by atoms with van der Waals surface area (Å²) >= 11 is 0. The van der Waals surface area contributed by atoms with Crippen LogP contribution in [-0.2, 0) is 4.79 Å². The first kappa shape index (κ1) is 23.6. The summed E-state index contributed by atoms with van der Waals surface area (Å²) in [6.45, 7) is 1.99. The Morgan fingerprint density at radius 3 is 1.64 bits per heavy atom. The Kier molecular flexibility index (Phi) is 19.7. The van der Waals surface area contributed by atoms with Gasteiger partial charge in [0.25, 0.3) is 0 Å². The topological polar surface area (TPSA) is 118 Å². The summed E-state index contributed by atoms with van der Waals surface area (Å²) < 4.78 is 0. The van der Waals surface area contributed by atoms with Gasteiger partial charge < -0.3 is 25.5 Å². The van der Waals surface area contributed by atoms with E-state index in [-0.39, 0.29) is 13.0 Å². The predicted molar refractivity (Wildman–Crippen MR) is 85.4 cm³/mol. The molecule has 0 aromatic carbocycles. The number of carboxylic acids is 1. The van der Waals surface area contributed by atoms with Crippen molar-refractivity contribution in [1.29, 1.82) is 0 Å². The van der Waals surface area contributed by atoms with Crippen LogP contribution in [0.2, 0.25) is 0 Å². The first-order chi connectivity index (χ1) is 10.5. The summed E-state index contributed by atoms with van der Waals surface area (Å²) in [4.78, 5) is 10.2. The SMILES string of the molecule is CCCCCCCCCCCC(=O)O.OCCC(O)C(O)O. The van der Waals surface area contributed by atoms with E-state index >= 15 is 0 Å². The van der Waals surface area contributed by atoms with Crippen LogP contribution < -0.4 is 0 Å². The molecule has 5 N–H and O–H groups in total. The predicted octanol–water partition coefficient (Wildman–Crippen LogP) is 2.03. The molecule has 6 heteroatoms. The lowest BCUT2D eigenvalue weighted by Crippen LogP contribution is -2.25. The van der Waals surface area contributed by atoms with Crippen LogP contribution in [0.5, 0.6) is 0 Å². The van der Waals surface area contributed by atoms with E-state index in [0.29, 0.717) is 6.42 Å². The molecule has 0 aromatic heterocycles. The summed E-state index contributed by atoms with van der Waals surface area (Å²) in [5.74, 6) is -0.659. The van der Waals surface area contributed by atoms with Crippen molar-refractivity contribution in [2.45, 2.75) is 89.9 Å². The summed E-state index contributed by atoms with van der Waals surface area (Å²) in [5.41, 5.74) is 0. The minimum atomic E-state index is -1.73. The van der Waals surface area contributed by atoms with Crippen molar-refractivity contribution >= 4 is 5.97 Å². The van der Waals surface area contributed by atoms with Crippen molar-refractivity contribution in [2.75, 3.05) is 6.61 Å². The Balaban J connectivity index is 0. The highest BCUT2D eigenvalue weighted by Crippen LogP contribution is 2.10. The second-order valence-corrected chi connectivity index (χ2v) is 5.47. The molecule has 1 atom stereocenters. The highest BCUT2D eigenvalue weighted by atomic mass is 16.5. The van der Waals surface area contributed by atoms with E-state index in [0.717, 1.165) is 12.8 Å². The third kappa shape index (κ3) is 21.6. The summed E-state index contributed by atoms with van der Waals surface area (Å²) in [6, 6.07) is 0. The first-order valence-electron chi connectivity index (χ1n) is 8.32.